The molecule has 0 aromatic heterocycles. The first-order chi connectivity index (χ1) is 8.25. The maximum atomic E-state index is 11.8. The molecule has 8 heteroatoms. The fraction of sp³-hybridized carbons (Fsp3) is 0.800. The molecule has 1 rings (SSSR count). The molecular formula is C10H14Cl4N2O2. The van der Waals surface area contributed by atoms with Gasteiger partial charge in [-0.2, -0.15) is 0 Å². The van der Waals surface area contributed by atoms with E-state index in [-0.39, 0.29) is 23.9 Å². The van der Waals surface area contributed by atoms with Gasteiger partial charge in [-0.1, -0.05) is 46.4 Å². The van der Waals surface area contributed by atoms with Crippen molar-refractivity contribution in [1.82, 2.24) is 9.80 Å². The van der Waals surface area contributed by atoms with Crippen molar-refractivity contribution >= 4 is 58.2 Å². The van der Waals surface area contributed by atoms with Crippen LogP contribution in [-0.4, -0.2) is 56.5 Å². The topological polar surface area (TPSA) is 40.6 Å². The molecule has 0 bridgehead atoms. The fourth-order valence-electron chi connectivity index (χ4n) is 1.99. The van der Waals surface area contributed by atoms with Crippen molar-refractivity contribution in [2.45, 2.75) is 35.6 Å². The zero-order chi connectivity index (χ0) is 14.0. The molecule has 104 valence electrons. The van der Waals surface area contributed by atoms with E-state index >= 15 is 0 Å². The van der Waals surface area contributed by atoms with Crippen LogP contribution in [0.3, 0.4) is 0 Å². The number of alkyl halides is 4. The van der Waals surface area contributed by atoms with E-state index in [1.54, 1.807) is 9.80 Å². The van der Waals surface area contributed by atoms with Crippen molar-refractivity contribution in [3.05, 3.63) is 0 Å². The van der Waals surface area contributed by atoms with E-state index in [2.05, 4.69) is 0 Å². The molecule has 4 nitrogen and oxygen atoms in total. The molecule has 1 fully saturated rings. The molecule has 1 heterocycles. The van der Waals surface area contributed by atoms with Gasteiger partial charge in [0.25, 0.3) is 11.8 Å². The van der Waals surface area contributed by atoms with Crippen molar-refractivity contribution in [3.8, 4) is 0 Å². The van der Waals surface area contributed by atoms with E-state index < -0.39 is 9.67 Å². The van der Waals surface area contributed by atoms with Crippen LogP contribution >= 0.6 is 46.4 Å². The molecule has 0 aromatic rings. The molecule has 0 spiro atoms. The van der Waals surface area contributed by atoms with E-state index in [0.29, 0.717) is 13.1 Å². The average Bonchev–Trinajstić information content (AvgIpc) is 2.29. The van der Waals surface area contributed by atoms with Gasteiger partial charge in [-0.15, -0.1) is 0 Å². The molecule has 1 aliphatic heterocycles. The second kappa shape index (κ2) is 6.51. The first-order valence-corrected chi connectivity index (χ1v) is 7.17. The molecule has 0 aliphatic carbocycles. The van der Waals surface area contributed by atoms with Gasteiger partial charge in [0, 0.05) is 25.2 Å². The molecule has 0 radical (unpaired) electrons. The normalized spacial score (nSPS) is 24.9. The van der Waals surface area contributed by atoms with Gasteiger partial charge in [-0.3, -0.25) is 9.59 Å². The average molecular weight is 336 g/mol. The van der Waals surface area contributed by atoms with Gasteiger partial charge < -0.3 is 9.80 Å². The number of amides is 2. The smallest absolute Gasteiger partial charge is 0.256 e. The van der Waals surface area contributed by atoms with Crippen LogP contribution in [0.5, 0.6) is 0 Å². The number of rotatable bonds is 2. The van der Waals surface area contributed by atoms with Crippen molar-refractivity contribution < 1.29 is 9.59 Å². The predicted molar refractivity (Wildman–Crippen MR) is 73.3 cm³/mol. The van der Waals surface area contributed by atoms with E-state index in [1.165, 1.54) is 0 Å². The highest BCUT2D eigenvalue weighted by molar-refractivity contribution is 6.54. The van der Waals surface area contributed by atoms with Gasteiger partial charge in [-0.25, -0.2) is 0 Å². The number of carbonyl (C=O) groups is 2. The third kappa shape index (κ3) is 3.56. The molecule has 0 aromatic carbocycles. The summed E-state index contributed by atoms with van der Waals surface area (Å²) in [5.74, 6) is -0.698. The summed E-state index contributed by atoms with van der Waals surface area (Å²) in [6, 6.07) is -0.352. The molecule has 2 atom stereocenters. The van der Waals surface area contributed by atoms with Crippen LogP contribution in [0.2, 0.25) is 0 Å². The Hall–Kier alpha value is 0.1000. The molecule has 2 amide bonds. The van der Waals surface area contributed by atoms with Crippen LogP contribution in [-0.2, 0) is 9.59 Å². The van der Waals surface area contributed by atoms with Gasteiger partial charge in [0.15, 0.2) is 9.67 Å². The Morgan fingerprint density at radius 2 is 1.17 bits per heavy atom. The minimum atomic E-state index is -1.09. The Bertz CT molecular complexity index is 306. The monoisotopic (exact) mass is 334 g/mol. The lowest BCUT2D eigenvalue weighted by Crippen LogP contribution is -2.61. The molecule has 0 saturated carbocycles. The molecule has 0 N–H and O–H groups in total. The number of piperazine rings is 1. The highest BCUT2D eigenvalue weighted by Crippen LogP contribution is 2.21. The maximum absolute atomic E-state index is 11.8. The van der Waals surface area contributed by atoms with Crippen molar-refractivity contribution in [2.24, 2.45) is 0 Å². The standard InChI is InChI=1S/C10H14Cl4N2O2/c1-5-3-16(10(18)8(13)14)6(2)4-15(5)9(17)7(11)12/h5-8H,3-4H2,1-2H3/t5-,6+. The van der Waals surface area contributed by atoms with Gasteiger partial charge in [-0.05, 0) is 13.8 Å². The third-order valence-corrected chi connectivity index (χ3v) is 3.67. The van der Waals surface area contributed by atoms with E-state index in [0.717, 1.165) is 0 Å². The molecule has 0 unspecified atom stereocenters. The summed E-state index contributed by atoms with van der Waals surface area (Å²) in [6.07, 6.45) is 0. The van der Waals surface area contributed by atoms with Crippen LogP contribution in [0.15, 0.2) is 0 Å². The fourth-order valence-corrected chi connectivity index (χ4v) is 2.49. The lowest BCUT2D eigenvalue weighted by molar-refractivity contribution is -0.143. The maximum Gasteiger partial charge on any atom is 0.256 e. The first-order valence-electron chi connectivity index (χ1n) is 5.43. The van der Waals surface area contributed by atoms with Crippen LogP contribution in [0.25, 0.3) is 0 Å². The summed E-state index contributed by atoms with van der Waals surface area (Å²) in [4.78, 5) is 24.5. The quantitative estimate of drug-likeness (QED) is 0.724. The minimum absolute atomic E-state index is 0.176. The Balaban J connectivity index is 2.76. The number of hydrogen-bond donors (Lipinski definition) is 0. The van der Waals surface area contributed by atoms with Crippen molar-refractivity contribution in [1.29, 1.82) is 0 Å². The predicted octanol–water partition coefficient (Wildman–Crippen LogP) is 2.04. The number of hydrogen-bond acceptors (Lipinski definition) is 2. The Morgan fingerprint density at radius 1 is 0.889 bits per heavy atom. The van der Waals surface area contributed by atoms with Crippen LogP contribution in [0.4, 0.5) is 0 Å². The van der Waals surface area contributed by atoms with E-state index in [9.17, 15) is 9.59 Å². The zero-order valence-electron chi connectivity index (χ0n) is 9.95. The number of nitrogens with zero attached hydrogens (tertiary/aromatic N) is 2. The number of halogens is 4. The summed E-state index contributed by atoms with van der Waals surface area (Å²) in [5.41, 5.74) is 0. The second-order valence-corrected chi connectivity index (χ2v) is 6.47. The van der Waals surface area contributed by atoms with Crippen molar-refractivity contribution in [2.75, 3.05) is 13.1 Å². The molecule has 18 heavy (non-hydrogen) atoms. The van der Waals surface area contributed by atoms with Gasteiger partial charge in [0.2, 0.25) is 0 Å². The lowest BCUT2D eigenvalue weighted by Gasteiger charge is -2.44. The van der Waals surface area contributed by atoms with Gasteiger partial charge in [0.05, 0.1) is 0 Å². The van der Waals surface area contributed by atoms with Gasteiger partial charge >= 0.3 is 0 Å². The first kappa shape index (κ1) is 16.2. The zero-order valence-corrected chi connectivity index (χ0v) is 13.0. The summed E-state index contributed by atoms with van der Waals surface area (Å²) < 4.78 is 0. The SMILES string of the molecule is C[C@@H]1CN(C(=O)C(Cl)Cl)[C@@H](C)CN1C(=O)C(Cl)Cl. The van der Waals surface area contributed by atoms with Crippen molar-refractivity contribution in [3.63, 3.8) is 0 Å². The van der Waals surface area contributed by atoms with Crippen LogP contribution < -0.4 is 0 Å². The summed E-state index contributed by atoms with van der Waals surface area (Å²) in [6.45, 7) is 4.36. The minimum Gasteiger partial charge on any atom is -0.334 e. The van der Waals surface area contributed by atoms with E-state index in [4.69, 9.17) is 46.4 Å². The summed E-state index contributed by atoms with van der Waals surface area (Å²) in [7, 11) is 0. The van der Waals surface area contributed by atoms with Gasteiger partial charge in [0.1, 0.15) is 0 Å². The highest BCUT2D eigenvalue weighted by Gasteiger charge is 2.37. The van der Waals surface area contributed by atoms with Crippen LogP contribution in [0, 0.1) is 0 Å². The largest absolute Gasteiger partial charge is 0.334 e. The molecular weight excluding hydrogens is 322 g/mol. The Labute approximate surface area is 126 Å². The highest BCUT2D eigenvalue weighted by atomic mass is 35.5. The Kier molecular flexibility index (Phi) is 5.84. The third-order valence-electron chi connectivity index (χ3n) is 2.93. The number of carbonyl (C=O) groups excluding carboxylic acids is 2. The summed E-state index contributed by atoms with van der Waals surface area (Å²) in [5, 5.41) is 0. The van der Waals surface area contributed by atoms with E-state index in [1.807, 2.05) is 13.8 Å². The molecule has 1 saturated heterocycles. The van der Waals surface area contributed by atoms with Crippen LogP contribution in [0.1, 0.15) is 13.8 Å². The summed E-state index contributed by atoms with van der Waals surface area (Å²) >= 11 is 22.3. The lowest BCUT2D eigenvalue weighted by atomic mass is 10.1. The molecule has 1 aliphatic rings. The second-order valence-electron chi connectivity index (χ2n) is 4.28. The Morgan fingerprint density at radius 3 is 1.39 bits per heavy atom.